The summed E-state index contributed by atoms with van der Waals surface area (Å²) >= 11 is 3.49. The van der Waals surface area contributed by atoms with E-state index in [1.165, 1.54) is 6.07 Å². The van der Waals surface area contributed by atoms with Crippen molar-refractivity contribution < 1.29 is 13.6 Å². The summed E-state index contributed by atoms with van der Waals surface area (Å²) in [7, 11) is 0. The number of Topliss-reactive ketones (excluding diaryl/α,β-unsaturated/α-hetero) is 1. The second kappa shape index (κ2) is 6.27. The predicted molar refractivity (Wildman–Crippen MR) is 77.8 cm³/mol. The molecule has 1 aliphatic heterocycles. The largest absolute Gasteiger partial charge is 0.298 e. The first-order valence-electron chi connectivity index (χ1n) is 6.21. The molecule has 1 aromatic carbocycles. The Bertz CT molecular complexity index is 479. The molecule has 2 rings (SSSR count). The second-order valence-corrected chi connectivity index (χ2v) is 7.75. The molecule has 5 heteroatoms. The van der Waals surface area contributed by atoms with Crippen molar-refractivity contribution in [2.45, 2.75) is 36.0 Å². The van der Waals surface area contributed by atoms with E-state index in [2.05, 4.69) is 13.8 Å². The molecular weight excluding hydrogens is 286 g/mol. The maximum absolute atomic E-state index is 13.1. The number of halogens is 2. The van der Waals surface area contributed by atoms with Crippen LogP contribution in [0.1, 0.15) is 19.4 Å². The van der Waals surface area contributed by atoms with Crippen LogP contribution >= 0.6 is 23.5 Å². The predicted octanol–water partition coefficient (Wildman–Crippen LogP) is 3.70. The van der Waals surface area contributed by atoms with Gasteiger partial charge >= 0.3 is 0 Å². The monoisotopic (exact) mass is 302 g/mol. The lowest BCUT2D eigenvalue weighted by atomic mass is 10.1. The van der Waals surface area contributed by atoms with E-state index in [1.54, 1.807) is 23.5 Å². The van der Waals surface area contributed by atoms with Gasteiger partial charge in [0.2, 0.25) is 0 Å². The average molecular weight is 302 g/mol. The van der Waals surface area contributed by atoms with E-state index in [9.17, 15) is 13.6 Å². The molecule has 19 heavy (non-hydrogen) atoms. The van der Waals surface area contributed by atoms with E-state index in [-0.39, 0.29) is 17.5 Å². The summed E-state index contributed by atoms with van der Waals surface area (Å²) in [6.45, 7) is 4.29. The van der Waals surface area contributed by atoms with E-state index in [1.807, 2.05) is 0 Å². The number of ketones is 1. The molecule has 3 atom stereocenters. The van der Waals surface area contributed by atoms with Crippen LogP contribution in [0.2, 0.25) is 0 Å². The van der Waals surface area contributed by atoms with Crippen LogP contribution in [0.3, 0.4) is 0 Å². The number of hydrogen-bond acceptors (Lipinski definition) is 3. The van der Waals surface area contributed by atoms with Crippen LogP contribution < -0.4 is 0 Å². The van der Waals surface area contributed by atoms with Crippen LogP contribution in [0.15, 0.2) is 18.2 Å². The lowest BCUT2D eigenvalue weighted by molar-refractivity contribution is -0.117. The van der Waals surface area contributed by atoms with Gasteiger partial charge in [0.25, 0.3) is 0 Å². The molecular formula is C14H16F2OS2. The van der Waals surface area contributed by atoms with Gasteiger partial charge in [-0.05, 0) is 17.7 Å². The third-order valence-corrected chi connectivity index (χ3v) is 6.71. The third kappa shape index (κ3) is 3.72. The Hall–Kier alpha value is -0.550. The molecule has 0 bridgehead atoms. The van der Waals surface area contributed by atoms with E-state index in [4.69, 9.17) is 0 Å². The van der Waals surface area contributed by atoms with Crippen molar-refractivity contribution in [3.63, 3.8) is 0 Å². The van der Waals surface area contributed by atoms with Crippen LogP contribution in [-0.2, 0) is 11.2 Å². The normalized spacial score (nSPS) is 27.3. The van der Waals surface area contributed by atoms with Gasteiger partial charge in [-0.2, -0.15) is 11.8 Å². The van der Waals surface area contributed by atoms with E-state index in [0.717, 1.165) is 17.9 Å². The SMILES string of the molecule is CC1SCC(C(=O)Cc2ccc(F)c(F)c2)SC1C. The molecule has 1 fully saturated rings. The van der Waals surface area contributed by atoms with E-state index in [0.29, 0.717) is 16.1 Å². The summed E-state index contributed by atoms with van der Waals surface area (Å²) in [4.78, 5) is 12.2. The zero-order valence-corrected chi connectivity index (χ0v) is 12.5. The van der Waals surface area contributed by atoms with E-state index >= 15 is 0 Å². The average Bonchev–Trinajstić information content (AvgIpc) is 2.37. The van der Waals surface area contributed by atoms with Crippen LogP contribution in [0.4, 0.5) is 8.78 Å². The highest BCUT2D eigenvalue weighted by Crippen LogP contribution is 2.36. The van der Waals surface area contributed by atoms with Crippen molar-refractivity contribution >= 4 is 29.3 Å². The molecule has 0 amide bonds. The summed E-state index contributed by atoms with van der Waals surface area (Å²) in [6.07, 6.45) is 0.177. The van der Waals surface area contributed by atoms with Crippen LogP contribution in [0.25, 0.3) is 0 Å². The Morgan fingerprint density at radius 2 is 2.00 bits per heavy atom. The topological polar surface area (TPSA) is 17.1 Å². The van der Waals surface area contributed by atoms with Crippen LogP contribution in [0, 0.1) is 11.6 Å². The highest BCUT2D eigenvalue weighted by Gasteiger charge is 2.30. The molecule has 1 heterocycles. The fraction of sp³-hybridized carbons (Fsp3) is 0.500. The molecule has 0 N–H and O–H groups in total. The van der Waals surface area contributed by atoms with Crippen LogP contribution in [0.5, 0.6) is 0 Å². The lowest BCUT2D eigenvalue weighted by Crippen LogP contribution is -2.32. The van der Waals surface area contributed by atoms with Crippen molar-refractivity contribution in [3.05, 3.63) is 35.4 Å². The van der Waals surface area contributed by atoms with Gasteiger partial charge in [0, 0.05) is 22.7 Å². The minimum Gasteiger partial charge on any atom is -0.298 e. The summed E-state index contributed by atoms with van der Waals surface area (Å²) < 4.78 is 25.9. The van der Waals surface area contributed by atoms with Crippen molar-refractivity contribution in [1.82, 2.24) is 0 Å². The minimum absolute atomic E-state index is 0.0377. The molecule has 0 aromatic heterocycles. The molecule has 1 aliphatic rings. The Morgan fingerprint density at radius 1 is 1.26 bits per heavy atom. The highest BCUT2D eigenvalue weighted by molar-refractivity contribution is 8.08. The van der Waals surface area contributed by atoms with Gasteiger partial charge in [-0.3, -0.25) is 4.79 Å². The first-order valence-corrected chi connectivity index (χ1v) is 8.20. The van der Waals surface area contributed by atoms with Gasteiger partial charge in [-0.1, -0.05) is 19.9 Å². The maximum atomic E-state index is 13.1. The second-order valence-electron chi connectivity index (χ2n) is 4.76. The number of carbonyl (C=O) groups excluding carboxylic acids is 1. The molecule has 104 valence electrons. The number of rotatable bonds is 3. The van der Waals surface area contributed by atoms with Gasteiger partial charge in [-0.25, -0.2) is 8.78 Å². The smallest absolute Gasteiger partial charge is 0.159 e. The highest BCUT2D eigenvalue weighted by atomic mass is 32.2. The van der Waals surface area contributed by atoms with Crippen molar-refractivity contribution in [1.29, 1.82) is 0 Å². The lowest BCUT2D eigenvalue weighted by Gasteiger charge is -2.30. The molecule has 3 unspecified atom stereocenters. The van der Waals surface area contributed by atoms with Gasteiger partial charge in [0.1, 0.15) is 0 Å². The molecule has 1 nitrogen and oxygen atoms in total. The van der Waals surface area contributed by atoms with Crippen LogP contribution in [-0.4, -0.2) is 27.3 Å². The number of carbonyl (C=O) groups is 1. The summed E-state index contributed by atoms with van der Waals surface area (Å²) in [5.74, 6) is -0.861. The summed E-state index contributed by atoms with van der Waals surface area (Å²) in [5.41, 5.74) is 0.542. The Kier molecular flexibility index (Phi) is 4.90. The molecule has 0 aliphatic carbocycles. The molecule has 0 spiro atoms. The number of hydrogen-bond donors (Lipinski definition) is 0. The van der Waals surface area contributed by atoms with Gasteiger partial charge in [0.15, 0.2) is 17.4 Å². The molecule has 1 saturated heterocycles. The minimum atomic E-state index is -0.891. The van der Waals surface area contributed by atoms with Crippen molar-refractivity contribution in [2.24, 2.45) is 0 Å². The number of thioether (sulfide) groups is 2. The first-order chi connectivity index (χ1) is 8.97. The molecule has 0 saturated carbocycles. The maximum Gasteiger partial charge on any atom is 0.159 e. The van der Waals surface area contributed by atoms with Gasteiger partial charge in [-0.15, -0.1) is 11.8 Å². The zero-order chi connectivity index (χ0) is 14.0. The van der Waals surface area contributed by atoms with Crippen molar-refractivity contribution in [3.8, 4) is 0 Å². The Balaban J connectivity index is 1.99. The fourth-order valence-electron chi connectivity index (χ4n) is 1.92. The Morgan fingerprint density at radius 3 is 2.63 bits per heavy atom. The van der Waals surface area contributed by atoms with Gasteiger partial charge in [0.05, 0.1) is 5.25 Å². The quantitative estimate of drug-likeness (QED) is 0.847. The Labute approximate surface area is 120 Å². The van der Waals surface area contributed by atoms with Gasteiger partial charge < -0.3 is 0 Å². The first kappa shape index (κ1) is 14.9. The molecule has 1 aromatic rings. The molecule has 0 radical (unpaired) electrons. The summed E-state index contributed by atoms with van der Waals surface area (Å²) in [5, 5.41) is 0.958. The summed E-state index contributed by atoms with van der Waals surface area (Å²) in [6, 6.07) is 3.66. The zero-order valence-electron chi connectivity index (χ0n) is 10.9. The fourth-order valence-corrected chi connectivity index (χ4v) is 4.81. The van der Waals surface area contributed by atoms with Crippen molar-refractivity contribution in [2.75, 3.05) is 5.75 Å². The number of benzene rings is 1. The third-order valence-electron chi connectivity index (χ3n) is 3.27. The standard InChI is InChI=1S/C14H16F2OS2/c1-8-9(2)19-14(7-18-8)13(17)6-10-3-4-11(15)12(16)5-10/h3-5,8-9,14H,6-7H2,1-2H3. The van der Waals surface area contributed by atoms with E-state index < -0.39 is 11.6 Å².